The number of anilines is 2. The van der Waals surface area contributed by atoms with E-state index >= 15 is 0 Å². The van der Waals surface area contributed by atoms with Crippen LogP contribution < -0.4 is 15.4 Å². The van der Waals surface area contributed by atoms with Crippen LogP contribution in [0, 0.1) is 0 Å². The number of methoxy groups -OCH3 is 1. The van der Waals surface area contributed by atoms with Crippen LogP contribution in [-0.4, -0.2) is 20.2 Å². The summed E-state index contributed by atoms with van der Waals surface area (Å²) in [6.07, 6.45) is 4.11. The second-order valence-corrected chi connectivity index (χ2v) is 6.35. The molecule has 0 bridgehead atoms. The van der Waals surface area contributed by atoms with Crippen molar-refractivity contribution in [3.8, 4) is 5.75 Å². The number of halogens is 1. The van der Waals surface area contributed by atoms with E-state index in [0.29, 0.717) is 0 Å². The van der Waals surface area contributed by atoms with Gasteiger partial charge in [0, 0.05) is 22.9 Å². The largest absolute Gasteiger partial charge is 0.497 e. The molecule has 0 aliphatic carbocycles. The summed E-state index contributed by atoms with van der Waals surface area (Å²) < 4.78 is 5.39. The molecule has 122 valence electrons. The third kappa shape index (κ3) is 3.46. The average molecular weight is 331 g/mol. The van der Waals surface area contributed by atoms with Gasteiger partial charge in [-0.15, -0.1) is 0 Å². The van der Waals surface area contributed by atoms with Gasteiger partial charge in [0.2, 0.25) is 0 Å². The number of hydrogen-bond donors (Lipinski definition) is 1. The van der Waals surface area contributed by atoms with Crippen molar-refractivity contribution in [1.82, 2.24) is 0 Å². The third-order valence-electron chi connectivity index (χ3n) is 4.42. The highest BCUT2D eigenvalue weighted by Gasteiger charge is 2.21. The fourth-order valence-electron chi connectivity index (χ4n) is 3.21. The summed E-state index contributed by atoms with van der Waals surface area (Å²) in [5.74, 6) is 0.912. The molecule has 0 aromatic heterocycles. The number of unbranched alkanes of at least 4 members (excludes halogenated alkanes) is 1. The number of nitrogens with zero attached hydrogens (tertiary/aromatic N) is 1. The van der Waals surface area contributed by atoms with E-state index in [1.807, 2.05) is 12.1 Å². The molecule has 4 heteroatoms. The Labute approximate surface area is 143 Å². The number of rotatable bonds is 5. The van der Waals surface area contributed by atoms with Crippen LogP contribution in [0.1, 0.15) is 24.0 Å². The molecule has 23 heavy (non-hydrogen) atoms. The van der Waals surface area contributed by atoms with Crippen LogP contribution in [0.25, 0.3) is 0 Å². The first-order valence-electron chi connectivity index (χ1n) is 8.16. The van der Waals surface area contributed by atoms with Gasteiger partial charge >= 0.3 is 0 Å². The molecule has 0 radical (unpaired) electrons. The fourth-order valence-corrected chi connectivity index (χ4v) is 3.37. The maximum Gasteiger partial charge on any atom is 0.119 e. The van der Waals surface area contributed by atoms with E-state index in [1.54, 1.807) is 7.11 Å². The Hall–Kier alpha value is -1.71. The van der Waals surface area contributed by atoms with Gasteiger partial charge in [-0.1, -0.05) is 17.7 Å². The molecule has 3 nitrogen and oxygen atoms in total. The number of fused-ring (bicyclic) bond motifs is 2. The lowest BCUT2D eigenvalue weighted by molar-refractivity contribution is 0.414. The van der Waals surface area contributed by atoms with Crippen LogP contribution >= 0.6 is 11.6 Å². The van der Waals surface area contributed by atoms with Gasteiger partial charge < -0.3 is 15.4 Å². The van der Waals surface area contributed by atoms with Crippen molar-refractivity contribution < 1.29 is 4.74 Å². The van der Waals surface area contributed by atoms with Crippen molar-refractivity contribution >= 4 is 23.0 Å². The van der Waals surface area contributed by atoms with E-state index in [0.717, 1.165) is 49.5 Å². The summed E-state index contributed by atoms with van der Waals surface area (Å²) in [7, 11) is 1.71. The molecule has 0 fully saturated rings. The Morgan fingerprint density at radius 1 is 1.04 bits per heavy atom. The van der Waals surface area contributed by atoms with Crippen LogP contribution in [0.2, 0.25) is 5.02 Å². The molecule has 0 saturated heterocycles. The average Bonchev–Trinajstić information content (AvgIpc) is 2.72. The highest BCUT2D eigenvalue weighted by Crippen LogP contribution is 2.38. The number of benzene rings is 2. The van der Waals surface area contributed by atoms with Gasteiger partial charge in [0.15, 0.2) is 0 Å². The van der Waals surface area contributed by atoms with Crippen LogP contribution in [-0.2, 0) is 12.8 Å². The SMILES string of the molecule is COc1ccc2c(c1)CCc1ccc(Cl)cc1N2CCCCN. The summed E-state index contributed by atoms with van der Waals surface area (Å²) in [6.45, 7) is 1.68. The fraction of sp³-hybridized carbons (Fsp3) is 0.368. The molecule has 2 aromatic rings. The van der Waals surface area contributed by atoms with Gasteiger partial charge in [0.1, 0.15) is 5.75 Å². The van der Waals surface area contributed by atoms with Crippen molar-refractivity contribution in [2.24, 2.45) is 5.73 Å². The van der Waals surface area contributed by atoms with Gasteiger partial charge in [0.25, 0.3) is 0 Å². The molecule has 0 unspecified atom stereocenters. The van der Waals surface area contributed by atoms with E-state index in [4.69, 9.17) is 22.1 Å². The summed E-state index contributed by atoms with van der Waals surface area (Å²) >= 11 is 6.26. The zero-order valence-electron chi connectivity index (χ0n) is 13.5. The molecule has 0 spiro atoms. The van der Waals surface area contributed by atoms with Crippen molar-refractivity contribution in [2.45, 2.75) is 25.7 Å². The van der Waals surface area contributed by atoms with E-state index in [-0.39, 0.29) is 0 Å². The summed E-state index contributed by atoms with van der Waals surface area (Å²) in [4.78, 5) is 2.39. The molecule has 3 rings (SSSR count). The second kappa shape index (κ2) is 7.24. The lowest BCUT2D eigenvalue weighted by atomic mass is 10.0. The minimum atomic E-state index is 0.728. The summed E-state index contributed by atoms with van der Waals surface area (Å²) in [6, 6.07) is 12.6. The lowest BCUT2D eigenvalue weighted by Crippen LogP contribution is -2.20. The Balaban J connectivity index is 2.04. The van der Waals surface area contributed by atoms with Crippen LogP contribution in [0.5, 0.6) is 5.75 Å². The van der Waals surface area contributed by atoms with Crippen LogP contribution in [0.4, 0.5) is 11.4 Å². The molecular formula is C19H23ClN2O. The minimum absolute atomic E-state index is 0.728. The normalized spacial score (nSPS) is 13.3. The topological polar surface area (TPSA) is 38.5 Å². The van der Waals surface area contributed by atoms with E-state index < -0.39 is 0 Å². The molecule has 0 saturated carbocycles. The van der Waals surface area contributed by atoms with Crippen molar-refractivity contribution in [3.63, 3.8) is 0 Å². The Morgan fingerprint density at radius 2 is 1.87 bits per heavy atom. The van der Waals surface area contributed by atoms with Gasteiger partial charge in [0.05, 0.1) is 7.11 Å². The molecule has 2 aromatic carbocycles. The summed E-state index contributed by atoms with van der Waals surface area (Å²) in [5.41, 5.74) is 10.8. The second-order valence-electron chi connectivity index (χ2n) is 5.92. The zero-order valence-corrected chi connectivity index (χ0v) is 14.3. The maximum absolute atomic E-state index is 6.26. The van der Waals surface area contributed by atoms with Gasteiger partial charge in [-0.2, -0.15) is 0 Å². The lowest BCUT2D eigenvalue weighted by Gasteiger charge is -2.27. The van der Waals surface area contributed by atoms with Gasteiger partial charge in [-0.3, -0.25) is 0 Å². The molecule has 2 N–H and O–H groups in total. The number of aryl methyl sites for hydroxylation is 2. The van der Waals surface area contributed by atoms with Gasteiger partial charge in [-0.05, 0) is 73.7 Å². The molecule has 1 heterocycles. The Morgan fingerprint density at radius 3 is 2.65 bits per heavy atom. The molecule has 1 aliphatic rings. The highest BCUT2D eigenvalue weighted by molar-refractivity contribution is 6.30. The Kier molecular flexibility index (Phi) is 5.09. The molecule has 0 amide bonds. The molecular weight excluding hydrogens is 308 g/mol. The Bertz CT molecular complexity index is 687. The van der Waals surface area contributed by atoms with Gasteiger partial charge in [-0.25, -0.2) is 0 Å². The quantitative estimate of drug-likeness (QED) is 0.829. The van der Waals surface area contributed by atoms with Crippen molar-refractivity contribution in [2.75, 3.05) is 25.1 Å². The first-order chi connectivity index (χ1) is 11.2. The third-order valence-corrected chi connectivity index (χ3v) is 4.65. The monoisotopic (exact) mass is 330 g/mol. The van der Waals surface area contributed by atoms with Crippen LogP contribution in [0.15, 0.2) is 36.4 Å². The highest BCUT2D eigenvalue weighted by atomic mass is 35.5. The first kappa shape index (κ1) is 16.2. The standard InChI is InChI=1S/C19H23ClN2O/c1-23-17-8-9-18-15(12-17)5-4-14-6-7-16(20)13-19(14)22(18)11-3-2-10-21/h6-9,12-13H,2-5,10-11,21H2,1H3. The van der Waals surface area contributed by atoms with Crippen molar-refractivity contribution in [1.29, 1.82) is 0 Å². The van der Waals surface area contributed by atoms with Crippen LogP contribution in [0.3, 0.4) is 0 Å². The minimum Gasteiger partial charge on any atom is -0.497 e. The predicted octanol–water partition coefficient (Wildman–Crippen LogP) is 4.32. The van der Waals surface area contributed by atoms with E-state index in [1.165, 1.54) is 22.5 Å². The van der Waals surface area contributed by atoms with Crippen molar-refractivity contribution in [3.05, 3.63) is 52.5 Å². The molecule has 1 aliphatic heterocycles. The number of hydrogen-bond acceptors (Lipinski definition) is 3. The molecule has 0 atom stereocenters. The smallest absolute Gasteiger partial charge is 0.119 e. The van der Waals surface area contributed by atoms with E-state index in [2.05, 4.69) is 29.2 Å². The number of nitrogens with two attached hydrogens (primary N) is 1. The summed E-state index contributed by atoms with van der Waals surface area (Å²) in [5, 5.41) is 0.782. The number of ether oxygens (including phenoxy) is 1. The first-order valence-corrected chi connectivity index (χ1v) is 8.53. The zero-order chi connectivity index (χ0) is 16.2. The maximum atomic E-state index is 6.26. The van der Waals surface area contributed by atoms with E-state index in [9.17, 15) is 0 Å². The predicted molar refractivity (Wildman–Crippen MR) is 97.1 cm³/mol.